The molecule has 1 N–H and O–H groups in total. The fourth-order valence-corrected chi connectivity index (χ4v) is 2.24. The van der Waals surface area contributed by atoms with E-state index in [1.165, 1.54) is 17.0 Å². The number of nitrogens with one attached hydrogen (secondary N) is 1. The van der Waals surface area contributed by atoms with Gasteiger partial charge < -0.3 is 14.5 Å². The maximum absolute atomic E-state index is 12.7. The Labute approximate surface area is 160 Å². The fraction of sp³-hybridized carbons (Fsp3) is 0.105. The number of hydrogen-bond acceptors (Lipinski definition) is 7. The third-order valence-electron chi connectivity index (χ3n) is 3.48. The molecule has 0 aliphatic rings. The monoisotopic (exact) mass is 377 g/mol. The number of carbonyl (C=O) groups excluding carboxylic acids is 2. The number of terminal acetylenes is 1. The number of tetrazole rings is 1. The van der Waals surface area contributed by atoms with Crippen molar-refractivity contribution in [3.63, 3.8) is 0 Å². The summed E-state index contributed by atoms with van der Waals surface area (Å²) in [5, 5.41) is 13.9. The summed E-state index contributed by atoms with van der Waals surface area (Å²) in [6.07, 6.45) is 7.95. The van der Waals surface area contributed by atoms with Gasteiger partial charge in [-0.1, -0.05) is 36.3 Å². The molecule has 0 spiro atoms. The van der Waals surface area contributed by atoms with Gasteiger partial charge in [0.25, 0.3) is 5.91 Å². The van der Waals surface area contributed by atoms with Crippen molar-refractivity contribution in [2.75, 3.05) is 13.2 Å². The number of aromatic nitrogens is 4. The average Bonchev–Trinajstić information content (AvgIpc) is 3.41. The number of furan rings is 1. The van der Waals surface area contributed by atoms with Gasteiger partial charge in [-0.15, -0.1) is 11.5 Å². The number of esters is 1. The van der Waals surface area contributed by atoms with Crippen LogP contribution in [0.1, 0.15) is 5.76 Å². The summed E-state index contributed by atoms with van der Waals surface area (Å²) < 4.78 is 11.6. The molecule has 9 nitrogen and oxygen atoms in total. The van der Waals surface area contributed by atoms with Crippen LogP contribution in [0.2, 0.25) is 0 Å². The first-order chi connectivity index (χ1) is 13.7. The minimum Gasteiger partial charge on any atom is -0.465 e. The predicted octanol–water partition coefficient (Wildman–Crippen LogP) is 1.22. The smallest absolute Gasteiger partial charge is 0.357 e. The number of hydrogen-bond donors (Lipinski definition) is 1. The van der Waals surface area contributed by atoms with E-state index in [-0.39, 0.29) is 12.2 Å². The molecule has 0 saturated carbocycles. The first-order valence-corrected chi connectivity index (χ1v) is 8.15. The molecule has 0 bridgehead atoms. The highest BCUT2D eigenvalue weighted by atomic mass is 16.5. The first-order valence-electron chi connectivity index (χ1n) is 8.15. The van der Waals surface area contributed by atoms with Gasteiger partial charge in [-0.05, 0) is 22.6 Å². The molecule has 0 saturated heterocycles. The van der Waals surface area contributed by atoms with Crippen molar-refractivity contribution < 1.29 is 18.7 Å². The molecule has 28 heavy (non-hydrogen) atoms. The molecule has 9 heteroatoms. The van der Waals surface area contributed by atoms with Crippen molar-refractivity contribution in [2.45, 2.75) is 0 Å². The third-order valence-corrected chi connectivity index (χ3v) is 3.48. The van der Waals surface area contributed by atoms with Crippen LogP contribution in [0.25, 0.3) is 23.2 Å². The van der Waals surface area contributed by atoms with Crippen molar-refractivity contribution >= 4 is 23.6 Å². The Morgan fingerprint density at radius 2 is 2.07 bits per heavy atom. The lowest BCUT2D eigenvalue weighted by Crippen LogP contribution is -2.29. The standard InChI is InChI=1S/C19H15N5O4/c1-2-10-20-17(25)13-28-19(26)16(12-15-9-6-11-27-15)24-18(21-22-23-24)14-7-4-3-5-8-14/h1,3-9,11-12H,10,13H2,(H,20,25)/b16-12-. The maximum Gasteiger partial charge on any atom is 0.357 e. The summed E-state index contributed by atoms with van der Waals surface area (Å²) in [5.74, 6) is 1.64. The number of amides is 1. The van der Waals surface area contributed by atoms with Gasteiger partial charge >= 0.3 is 5.97 Å². The molecule has 2 heterocycles. The Bertz CT molecular complexity index is 1020. The van der Waals surface area contributed by atoms with Crippen molar-refractivity contribution in [1.29, 1.82) is 0 Å². The van der Waals surface area contributed by atoms with Crippen LogP contribution in [-0.2, 0) is 14.3 Å². The van der Waals surface area contributed by atoms with E-state index in [1.54, 1.807) is 24.3 Å². The van der Waals surface area contributed by atoms with Gasteiger partial charge in [-0.2, -0.15) is 4.68 Å². The van der Waals surface area contributed by atoms with E-state index in [2.05, 4.69) is 26.8 Å². The normalized spacial score (nSPS) is 10.9. The van der Waals surface area contributed by atoms with Crippen LogP contribution in [-0.4, -0.2) is 45.2 Å². The molecule has 0 fully saturated rings. The number of nitrogens with zero attached hydrogens (tertiary/aromatic N) is 4. The quantitative estimate of drug-likeness (QED) is 0.374. The Morgan fingerprint density at radius 1 is 1.25 bits per heavy atom. The molecule has 0 unspecified atom stereocenters. The van der Waals surface area contributed by atoms with Crippen molar-refractivity contribution in [2.24, 2.45) is 0 Å². The molecule has 0 aliphatic heterocycles. The highest BCUT2D eigenvalue weighted by molar-refractivity contribution is 6.15. The van der Waals surface area contributed by atoms with Crippen LogP contribution in [0.3, 0.4) is 0 Å². The van der Waals surface area contributed by atoms with Crippen LogP contribution in [0.5, 0.6) is 0 Å². The summed E-state index contributed by atoms with van der Waals surface area (Å²) in [4.78, 5) is 24.3. The second-order valence-electron chi connectivity index (χ2n) is 5.38. The summed E-state index contributed by atoms with van der Waals surface area (Å²) in [5.41, 5.74) is 0.668. The number of carbonyl (C=O) groups is 2. The van der Waals surface area contributed by atoms with Crippen LogP contribution < -0.4 is 5.32 Å². The van der Waals surface area contributed by atoms with E-state index in [4.69, 9.17) is 15.6 Å². The second kappa shape index (κ2) is 8.95. The Balaban J connectivity index is 1.90. The topological polar surface area (TPSA) is 112 Å². The minimum atomic E-state index is -0.809. The van der Waals surface area contributed by atoms with Gasteiger partial charge in [0.1, 0.15) is 5.76 Å². The SMILES string of the molecule is C#CCNC(=O)COC(=O)/C(=C/c1ccco1)n1nnnc1-c1ccccc1. The molecule has 0 atom stereocenters. The highest BCUT2D eigenvalue weighted by Crippen LogP contribution is 2.21. The molecular weight excluding hydrogens is 362 g/mol. The zero-order chi connectivity index (χ0) is 19.8. The third kappa shape index (κ3) is 4.50. The van der Waals surface area contributed by atoms with Crippen LogP contribution in [0, 0.1) is 12.3 Å². The molecule has 3 rings (SSSR count). The lowest BCUT2D eigenvalue weighted by Gasteiger charge is -2.09. The van der Waals surface area contributed by atoms with Gasteiger partial charge in [0, 0.05) is 11.6 Å². The van der Waals surface area contributed by atoms with Gasteiger partial charge in [-0.25, -0.2) is 4.79 Å². The molecular formula is C19H15N5O4. The summed E-state index contributed by atoms with van der Waals surface area (Å²) >= 11 is 0. The van der Waals surface area contributed by atoms with Crippen molar-refractivity contribution in [3.8, 4) is 23.7 Å². The van der Waals surface area contributed by atoms with Crippen molar-refractivity contribution in [1.82, 2.24) is 25.5 Å². The van der Waals surface area contributed by atoms with E-state index in [1.807, 2.05) is 18.2 Å². The van der Waals surface area contributed by atoms with E-state index < -0.39 is 18.5 Å². The predicted molar refractivity (Wildman–Crippen MR) is 98.9 cm³/mol. The number of ether oxygens (including phenoxy) is 1. The van der Waals surface area contributed by atoms with E-state index in [0.717, 1.165) is 0 Å². The zero-order valence-corrected chi connectivity index (χ0v) is 14.6. The minimum absolute atomic E-state index is 0.0245. The first kappa shape index (κ1) is 18.6. The molecule has 1 amide bonds. The summed E-state index contributed by atoms with van der Waals surface area (Å²) in [6, 6.07) is 12.4. The van der Waals surface area contributed by atoms with E-state index >= 15 is 0 Å². The maximum atomic E-state index is 12.7. The highest BCUT2D eigenvalue weighted by Gasteiger charge is 2.21. The summed E-state index contributed by atoms with van der Waals surface area (Å²) in [7, 11) is 0. The summed E-state index contributed by atoms with van der Waals surface area (Å²) in [6.45, 7) is -0.463. The van der Waals surface area contributed by atoms with E-state index in [9.17, 15) is 9.59 Å². The Kier molecular flexibility index (Phi) is 5.95. The molecule has 0 aliphatic carbocycles. The molecule has 140 valence electrons. The lowest BCUT2D eigenvalue weighted by atomic mass is 10.2. The largest absolute Gasteiger partial charge is 0.465 e. The van der Waals surface area contributed by atoms with Gasteiger partial charge in [0.15, 0.2) is 18.1 Å². The molecule has 0 radical (unpaired) electrons. The fourth-order valence-electron chi connectivity index (χ4n) is 2.24. The van der Waals surface area contributed by atoms with Crippen molar-refractivity contribution in [3.05, 3.63) is 54.5 Å². The molecule has 3 aromatic rings. The van der Waals surface area contributed by atoms with Crippen LogP contribution in [0.4, 0.5) is 0 Å². The molecule has 1 aromatic carbocycles. The van der Waals surface area contributed by atoms with E-state index in [0.29, 0.717) is 17.1 Å². The lowest BCUT2D eigenvalue weighted by molar-refractivity contribution is -0.143. The number of rotatable bonds is 7. The van der Waals surface area contributed by atoms with Crippen LogP contribution in [0.15, 0.2) is 53.1 Å². The van der Waals surface area contributed by atoms with Gasteiger partial charge in [-0.3, -0.25) is 4.79 Å². The van der Waals surface area contributed by atoms with Crippen LogP contribution >= 0.6 is 0 Å². The Hall–Kier alpha value is -4.19. The Morgan fingerprint density at radius 3 is 2.79 bits per heavy atom. The molecule has 2 aromatic heterocycles. The second-order valence-corrected chi connectivity index (χ2v) is 5.38. The number of benzene rings is 1. The van der Waals surface area contributed by atoms with Gasteiger partial charge in [0.05, 0.1) is 12.8 Å². The van der Waals surface area contributed by atoms with Gasteiger partial charge in [0.2, 0.25) is 0 Å². The zero-order valence-electron chi connectivity index (χ0n) is 14.6. The average molecular weight is 377 g/mol.